The van der Waals surface area contributed by atoms with Crippen molar-refractivity contribution in [2.24, 2.45) is 5.73 Å². The standard InChI is InChI=1S/C14H22N2O/c1-11-5-3-6-12(2)13(11)8-10-16-14(17)7-4-9-15/h3,5-6H,4,7-10,15H2,1-2H3,(H,16,17). The van der Waals surface area contributed by atoms with Gasteiger partial charge in [-0.05, 0) is 49.9 Å². The molecule has 3 heteroatoms. The minimum atomic E-state index is 0.0988. The van der Waals surface area contributed by atoms with Gasteiger partial charge in [0.25, 0.3) is 0 Å². The number of amides is 1. The van der Waals surface area contributed by atoms with Gasteiger partial charge in [0, 0.05) is 13.0 Å². The van der Waals surface area contributed by atoms with Crippen LogP contribution in [0.1, 0.15) is 29.5 Å². The van der Waals surface area contributed by atoms with Crippen LogP contribution in [0.3, 0.4) is 0 Å². The fourth-order valence-corrected chi connectivity index (χ4v) is 1.92. The minimum absolute atomic E-state index is 0.0988. The molecule has 0 saturated carbocycles. The average molecular weight is 234 g/mol. The highest BCUT2D eigenvalue weighted by molar-refractivity contribution is 5.75. The van der Waals surface area contributed by atoms with Gasteiger partial charge in [0.2, 0.25) is 5.91 Å². The molecule has 0 atom stereocenters. The third-order valence-corrected chi connectivity index (χ3v) is 2.95. The van der Waals surface area contributed by atoms with Crippen molar-refractivity contribution in [3.05, 3.63) is 34.9 Å². The number of rotatable bonds is 6. The third kappa shape index (κ3) is 4.57. The second-order valence-electron chi connectivity index (χ2n) is 4.36. The van der Waals surface area contributed by atoms with Crippen LogP contribution in [-0.4, -0.2) is 19.0 Å². The Morgan fingerprint density at radius 1 is 1.29 bits per heavy atom. The van der Waals surface area contributed by atoms with E-state index in [1.807, 2.05) is 0 Å². The van der Waals surface area contributed by atoms with Crippen molar-refractivity contribution in [2.75, 3.05) is 13.1 Å². The van der Waals surface area contributed by atoms with Gasteiger partial charge in [0.15, 0.2) is 0 Å². The third-order valence-electron chi connectivity index (χ3n) is 2.95. The molecule has 0 aromatic heterocycles. The predicted molar refractivity (Wildman–Crippen MR) is 70.9 cm³/mol. The summed E-state index contributed by atoms with van der Waals surface area (Å²) >= 11 is 0. The Labute approximate surface area is 103 Å². The van der Waals surface area contributed by atoms with Crippen LogP contribution in [0.5, 0.6) is 0 Å². The Hall–Kier alpha value is -1.35. The summed E-state index contributed by atoms with van der Waals surface area (Å²) in [6.07, 6.45) is 2.19. The zero-order valence-corrected chi connectivity index (χ0v) is 10.8. The molecule has 0 aliphatic rings. The molecule has 0 spiro atoms. The van der Waals surface area contributed by atoms with Crippen LogP contribution in [0.25, 0.3) is 0 Å². The lowest BCUT2D eigenvalue weighted by Gasteiger charge is -2.10. The second-order valence-corrected chi connectivity index (χ2v) is 4.36. The molecule has 17 heavy (non-hydrogen) atoms. The monoisotopic (exact) mass is 234 g/mol. The molecule has 94 valence electrons. The molecule has 1 aromatic rings. The lowest BCUT2D eigenvalue weighted by atomic mass is 10.0. The fourth-order valence-electron chi connectivity index (χ4n) is 1.92. The molecule has 3 N–H and O–H groups in total. The quantitative estimate of drug-likeness (QED) is 0.787. The van der Waals surface area contributed by atoms with E-state index in [-0.39, 0.29) is 5.91 Å². The number of aryl methyl sites for hydroxylation is 2. The molecule has 3 nitrogen and oxygen atoms in total. The zero-order valence-electron chi connectivity index (χ0n) is 10.8. The van der Waals surface area contributed by atoms with Gasteiger partial charge in [-0.3, -0.25) is 4.79 Å². The first-order valence-electron chi connectivity index (χ1n) is 6.17. The molecule has 0 radical (unpaired) electrons. The van der Waals surface area contributed by atoms with Crippen LogP contribution >= 0.6 is 0 Å². The number of carbonyl (C=O) groups is 1. The number of hydrogen-bond donors (Lipinski definition) is 2. The minimum Gasteiger partial charge on any atom is -0.356 e. The van der Waals surface area contributed by atoms with E-state index >= 15 is 0 Å². The van der Waals surface area contributed by atoms with Crippen molar-refractivity contribution >= 4 is 5.91 Å². The molecule has 0 saturated heterocycles. The Morgan fingerprint density at radius 2 is 1.94 bits per heavy atom. The fraction of sp³-hybridized carbons (Fsp3) is 0.500. The Balaban J connectivity index is 2.38. The summed E-state index contributed by atoms with van der Waals surface area (Å²) in [6.45, 7) is 5.50. The highest BCUT2D eigenvalue weighted by Crippen LogP contribution is 2.13. The summed E-state index contributed by atoms with van der Waals surface area (Å²) < 4.78 is 0. The molecular formula is C14H22N2O. The van der Waals surface area contributed by atoms with Crippen molar-refractivity contribution in [3.63, 3.8) is 0 Å². The molecule has 0 unspecified atom stereocenters. The topological polar surface area (TPSA) is 55.1 Å². The largest absolute Gasteiger partial charge is 0.356 e. The van der Waals surface area contributed by atoms with Crippen molar-refractivity contribution in [1.29, 1.82) is 0 Å². The molecule has 1 amide bonds. The van der Waals surface area contributed by atoms with E-state index in [0.717, 1.165) is 12.8 Å². The Bertz CT molecular complexity index is 354. The molecular weight excluding hydrogens is 212 g/mol. The maximum Gasteiger partial charge on any atom is 0.220 e. The first-order chi connectivity index (χ1) is 8.15. The molecule has 0 fully saturated rings. The van der Waals surface area contributed by atoms with E-state index in [1.165, 1.54) is 16.7 Å². The van der Waals surface area contributed by atoms with E-state index in [9.17, 15) is 4.79 Å². The summed E-state index contributed by atoms with van der Waals surface area (Å²) in [7, 11) is 0. The number of carbonyl (C=O) groups excluding carboxylic acids is 1. The lowest BCUT2D eigenvalue weighted by Crippen LogP contribution is -2.26. The first-order valence-corrected chi connectivity index (χ1v) is 6.17. The van der Waals surface area contributed by atoms with Gasteiger partial charge in [-0.15, -0.1) is 0 Å². The van der Waals surface area contributed by atoms with Gasteiger partial charge in [0.05, 0.1) is 0 Å². The highest BCUT2D eigenvalue weighted by Gasteiger charge is 2.03. The summed E-state index contributed by atoms with van der Waals surface area (Å²) in [6, 6.07) is 6.28. The van der Waals surface area contributed by atoms with Crippen LogP contribution < -0.4 is 11.1 Å². The van der Waals surface area contributed by atoms with Crippen molar-refractivity contribution < 1.29 is 4.79 Å². The van der Waals surface area contributed by atoms with E-state index in [0.29, 0.717) is 19.5 Å². The number of nitrogens with one attached hydrogen (secondary N) is 1. The van der Waals surface area contributed by atoms with Gasteiger partial charge in [-0.25, -0.2) is 0 Å². The highest BCUT2D eigenvalue weighted by atomic mass is 16.1. The Kier molecular flexibility index (Phi) is 5.70. The molecule has 0 aliphatic carbocycles. The van der Waals surface area contributed by atoms with E-state index < -0.39 is 0 Å². The molecule has 1 aromatic carbocycles. The van der Waals surface area contributed by atoms with Crippen molar-refractivity contribution in [1.82, 2.24) is 5.32 Å². The first kappa shape index (κ1) is 13.7. The normalized spacial score (nSPS) is 10.3. The molecule has 0 aliphatic heterocycles. The molecule has 1 rings (SSSR count). The molecule has 0 bridgehead atoms. The summed E-state index contributed by atoms with van der Waals surface area (Å²) in [4.78, 5) is 11.4. The SMILES string of the molecule is Cc1cccc(C)c1CCNC(=O)CCCN. The number of hydrogen-bond acceptors (Lipinski definition) is 2. The van der Waals surface area contributed by atoms with Gasteiger partial charge in [-0.1, -0.05) is 18.2 Å². The van der Waals surface area contributed by atoms with Gasteiger partial charge in [-0.2, -0.15) is 0 Å². The van der Waals surface area contributed by atoms with E-state index in [2.05, 4.69) is 37.4 Å². The maximum atomic E-state index is 11.4. The number of benzene rings is 1. The summed E-state index contributed by atoms with van der Waals surface area (Å²) in [5.41, 5.74) is 9.28. The number of nitrogens with two attached hydrogens (primary N) is 1. The lowest BCUT2D eigenvalue weighted by molar-refractivity contribution is -0.121. The van der Waals surface area contributed by atoms with E-state index in [1.54, 1.807) is 0 Å². The second kappa shape index (κ2) is 7.07. The van der Waals surface area contributed by atoms with Gasteiger partial charge < -0.3 is 11.1 Å². The van der Waals surface area contributed by atoms with Gasteiger partial charge >= 0.3 is 0 Å². The van der Waals surface area contributed by atoms with Crippen LogP contribution in [0.4, 0.5) is 0 Å². The van der Waals surface area contributed by atoms with Crippen molar-refractivity contribution in [3.8, 4) is 0 Å². The van der Waals surface area contributed by atoms with Crippen LogP contribution in [0, 0.1) is 13.8 Å². The van der Waals surface area contributed by atoms with Crippen LogP contribution in [-0.2, 0) is 11.2 Å². The van der Waals surface area contributed by atoms with Crippen LogP contribution in [0.2, 0.25) is 0 Å². The van der Waals surface area contributed by atoms with E-state index in [4.69, 9.17) is 5.73 Å². The smallest absolute Gasteiger partial charge is 0.220 e. The Morgan fingerprint density at radius 3 is 2.53 bits per heavy atom. The average Bonchev–Trinajstić information content (AvgIpc) is 2.30. The van der Waals surface area contributed by atoms with Crippen LogP contribution in [0.15, 0.2) is 18.2 Å². The zero-order chi connectivity index (χ0) is 12.7. The van der Waals surface area contributed by atoms with Crippen molar-refractivity contribution in [2.45, 2.75) is 33.1 Å². The van der Waals surface area contributed by atoms with Gasteiger partial charge in [0.1, 0.15) is 0 Å². The molecule has 0 heterocycles. The predicted octanol–water partition coefficient (Wildman–Crippen LogP) is 1.70. The maximum absolute atomic E-state index is 11.4. The summed E-state index contributed by atoms with van der Waals surface area (Å²) in [5, 5.41) is 2.93. The summed E-state index contributed by atoms with van der Waals surface area (Å²) in [5.74, 6) is 0.0988.